The van der Waals surface area contributed by atoms with E-state index >= 15 is 0 Å². The first-order valence-electron chi connectivity index (χ1n) is 4.49. The van der Waals surface area contributed by atoms with Crippen LogP contribution >= 0.6 is 22.6 Å². The lowest BCUT2D eigenvalue weighted by molar-refractivity contribution is -0.671. The lowest BCUT2D eigenvalue weighted by Crippen LogP contribution is -2.32. The van der Waals surface area contributed by atoms with E-state index in [2.05, 4.69) is 70.4 Å². The summed E-state index contributed by atoms with van der Waals surface area (Å²) in [4.78, 5) is 3.38. The van der Waals surface area contributed by atoms with Crippen molar-refractivity contribution in [1.29, 1.82) is 0 Å². The van der Waals surface area contributed by atoms with E-state index < -0.39 is 0 Å². The van der Waals surface area contributed by atoms with Gasteiger partial charge in [0.2, 0.25) is 3.70 Å². The highest BCUT2D eigenvalue weighted by molar-refractivity contribution is 14.1. The highest BCUT2D eigenvalue weighted by Crippen LogP contribution is 2.16. The summed E-state index contributed by atoms with van der Waals surface area (Å²) < 4.78 is 3.42. The zero-order chi connectivity index (χ0) is 10.1. The molecule has 0 saturated heterocycles. The van der Waals surface area contributed by atoms with Crippen molar-refractivity contribution >= 4 is 22.6 Å². The Morgan fingerprint density at radius 3 is 2.36 bits per heavy atom. The van der Waals surface area contributed by atoms with Crippen molar-refractivity contribution in [2.24, 2.45) is 7.05 Å². The molecule has 0 amide bonds. The highest BCUT2D eigenvalue weighted by Gasteiger charge is 2.17. The summed E-state index contributed by atoms with van der Waals surface area (Å²) in [7, 11) is 2.08. The Hall–Kier alpha value is -0.840. The molecule has 3 heteroatoms. The van der Waals surface area contributed by atoms with E-state index in [-0.39, 0.29) is 0 Å². The SMILES string of the molecule is Cc1[nH]c(-c2ccccc2)[n+](C)c1I. The molecule has 72 valence electrons. The summed E-state index contributed by atoms with van der Waals surface area (Å²) in [5, 5.41) is 0. The number of halogens is 1. The van der Waals surface area contributed by atoms with Crippen LogP contribution in [0.2, 0.25) is 0 Å². The fourth-order valence-corrected chi connectivity index (χ4v) is 1.90. The quantitative estimate of drug-likeness (QED) is 0.616. The molecule has 0 spiro atoms. The van der Waals surface area contributed by atoms with E-state index in [9.17, 15) is 0 Å². The van der Waals surface area contributed by atoms with Gasteiger partial charge in [0.05, 0.1) is 12.6 Å². The lowest BCUT2D eigenvalue weighted by Gasteiger charge is -1.94. The van der Waals surface area contributed by atoms with E-state index in [0.717, 1.165) is 5.82 Å². The first-order valence-corrected chi connectivity index (χ1v) is 5.57. The van der Waals surface area contributed by atoms with Crippen LogP contribution in [-0.4, -0.2) is 4.98 Å². The zero-order valence-electron chi connectivity index (χ0n) is 8.21. The highest BCUT2D eigenvalue weighted by atomic mass is 127. The lowest BCUT2D eigenvalue weighted by atomic mass is 10.2. The maximum atomic E-state index is 3.38. The minimum absolute atomic E-state index is 1.16. The van der Waals surface area contributed by atoms with E-state index in [1.165, 1.54) is 15.0 Å². The van der Waals surface area contributed by atoms with Gasteiger partial charge in [-0.25, -0.2) is 9.55 Å². The third-order valence-electron chi connectivity index (χ3n) is 2.29. The van der Waals surface area contributed by atoms with E-state index in [1.807, 2.05) is 6.07 Å². The van der Waals surface area contributed by atoms with Crippen LogP contribution in [0.15, 0.2) is 30.3 Å². The molecule has 0 radical (unpaired) electrons. The number of imidazole rings is 1. The van der Waals surface area contributed by atoms with Gasteiger partial charge in [-0.15, -0.1) is 0 Å². The van der Waals surface area contributed by atoms with E-state index in [1.54, 1.807) is 0 Å². The molecule has 0 fully saturated rings. The number of aryl methyl sites for hydroxylation is 1. The molecule has 2 nitrogen and oxygen atoms in total. The predicted molar refractivity (Wildman–Crippen MR) is 64.9 cm³/mol. The number of hydrogen-bond acceptors (Lipinski definition) is 0. The molecule has 0 aliphatic carbocycles. The fourth-order valence-electron chi connectivity index (χ4n) is 1.52. The normalized spacial score (nSPS) is 10.5. The Morgan fingerprint density at radius 1 is 1.21 bits per heavy atom. The zero-order valence-corrected chi connectivity index (χ0v) is 10.4. The first kappa shape index (κ1) is 9.71. The summed E-state index contributed by atoms with van der Waals surface area (Å²) in [6, 6.07) is 10.4. The van der Waals surface area contributed by atoms with Gasteiger partial charge >= 0.3 is 0 Å². The summed E-state index contributed by atoms with van der Waals surface area (Å²) >= 11 is 2.35. The summed E-state index contributed by atoms with van der Waals surface area (Å²) in [6.45, 7) is 2.09. The molecule has 1 aromatic carbocycles. The Balaban J connectivity index is 2.58. The minimum atomic E-state index is 1.16. The molecule has 0 aliphatic rings. The fraction of sp³-hybridized carbons (Fsp3) is 0.182. The van der Waals surface area contributed by atoms with Crippen LogP contribution in [-0.2, 0) is 7.05 Å². The Kier molecular flexibility index (Phi) is 2.58. The molecule has 0 unspecified atom stereocenters. The Labute approximate surface area is 97.1 Å². The third kappa shape index (κ3) is 1.56. The van der Waals surface area contributed by atoms with E-state index in [4.69, 9.17) is 0 Å². The first-order chi connectivity index (χ1) is 6.70. The molecule has 2 aromatic rings. The van der Waals surface area contributed by atoms with Gasteiger partial charge in [-0.05, 0) is 12.1 Å². The molecule has 1 N–H and O–H groups in total. The van der Waals surface area contributed by atoms with Crippen LogP contribution in [0, 0.1) is 10.6 Å². The van der Waals surface area contributed by atoms with Gasteiger partial charge in [0.1, 0.15) is 0 Å². The number of hydrogen-bond donors (Lipinski definition) is 1. The third-order valence-corrected chi connectivity index (χ3v) is 3.83. The monoisotopic (exact) mass is 299 g/mol. The van der Waals surface area contributed by atoms with Crippen molar-refractivity contribution in [3.63, 3.8) is 0 Å². The van der Waals surface area contributed by atoms with Crippen LogP contribution < -0.4 is 4.57 Å². The van der Waals surface area contributed by atoms with E-state index in [0.29, 0.717) is 0 Å². The van der Waals surface area contributed by atoms with Gasteiger partial charge in [0.15, 0.2) is 5.69 Å². The van der Waals surface area contributed by atoms with Gasteiger partial charge in [-0.3, -0.25) is 0 Å². The van der Waals surface area contributed by atoms with Crippen LogP contribution in [0.1, 0.15) is 5.69 Å². The summed E-state index contributed by atoms with van der Waals surface area (Å²) in [5.41, 5.74) is 2.44. The number of rotatable bonds is 1. The molecule has 0 atom stereocenters. The molecule has 1 heterocycles. The average Bonchev–Trinajstić information content (AvgIpc) is 2.47. The minimum Gasteiger partial charge on any atom is -0.240 e. The molecular formula is C11H12IN2+. The molecule has 0 aliphatic heterocycles. The summed E-state index contributed by atoms with van der Waals surface area (Å²) in [5.74, 6) is 1.16. The average molecular weight is 299 g/mol. The second-order valence-corrected chi connectivity index (χ2v) is 4.34. The Morgan fingerprint density at radius 2 is 1.86 bits per heavy atom. The molecule has 1 aromatic heterocycles. The Bertz CT molecular complexity index is 446. The van der Waals surface area contributed by atoms with Crippen LogP contribution in [0.25, 0.3) is 11.4 Å². The number of nitrogens with zero attached hydrogens (tertiary/aromatic N) is 1. The second kappa shape index (κ2) is 3.73. The van der Waals surface area contributed by atoms with Crippen LogP contribution in [0.4, 0.5) is 0 Å². The molecule has 0 saturated carbocycles. The standard InChI is InChI=1S/C11H11IN2/c1-8-10(12)14(2)11(13-8)9-6-4-3-5-7-9/h3-7H,1-2H3/p+1. The van der Waals surface area contributed by atoms with Crippen molar-refractivity contribution < 1.29 is 4.57 Å². The van der Waals surface area contributed by atoms with Crippen LogP contribution in [0.3, 0.4) is 0 Å². The van der Waals surface area contributed by atoms with Gasteiger partial charge in [0.25, 0.3) is 5.82 Å². The van der Waals surface area contributed by atoms with Crippen molar-refractivity contribution in [2.45, 2.75) is 6.92 Å². The second-order valence-electron chi connectivity index (χ2n) is 3.31. The smallest absolute Gasteiger partial charge is 0.240 e. The largest absolute Gasteiger partial charge is 0.287 e. The van der Waals surface area contributed by atoms with Crippen molar-refractivity contribution in [3.8, 4) is 11.4 Å². The maximum Gasteiger partial charge on any atom is 0.287 e. The van der Waals surface area contributed by atoms with Crippen molar-refractivity contribution in [1.82, 2.24) is 4.98 Å². The molecule has 2 rings (SSSR count). The predicted octanol–water partition coefficient (Wildman–Crippen LogP) is 2.42. The number of aromatic nitrogens is 2. The number of H-pyrrole nitrogens is 1. The van der Waals surface area contributed by atoms with Gasteiger partial charge < -0.3 is 0 Å². The molecular weight excluding hydrogens is 287 g/mol. The van der Waals surface area contributed by atoms with Crippen molar-refractivity contribution in [2.75, 3.05) is 0 Å². The van der Waals surface area contributed by atoms with Gasteiger partial charge in [-0.1, -0.05) is 18.2 Å². The topological polar surface area (TPSA) is 19.7 Å². The van der Waals surface area contributed by atoms with Gasteiger partial charge in [0, 0.05) is 29.5 Å². The van der Waals surface area contributed by atoms with Crippen LogP contribution in [0.5, 0.6) is 0 Å². The van der Waals surface area contributed by atoms with Crippen molar-refractivity contribution in [3.05, 3.63) is 39.7 Å². The summed E-state index contributed by atoms with van der Waals surface area (Å²) in [6.07, 6.45) is 0. The number of aromatic amines is 1. The number of nitrogens with one attached hydrogen (secondary N) is 1. The number of benzene rings is 1. The maximum absolute atomic E-state index is 3.38. The van der Waals surface area contributed by atoms with Gasteiger partial charge in [-0.2, -0.15) is 0 Å². The molecule has 14 heavy (non-hydrogen) atoms. The molecule has 0 bridgehead atoms.